The van der Waals surface area contributed by atoms with Crippen molar-refractivity contribution in [1.82, 2.24) is 15.3 Å². The number of Topliss-reactive ketones (excluding diaryl/α,β-unsaturated/α-hetero) is 1. The molecule has 122 valence electrons. The molecule has 5 N–H and O–H groups in total. The number of anilines is 1. The van der Waals surface area contributed by atoms with Crippen molar-refractivity contribution in [3.63, 3.8) is 0 Å². The Balaban J connectivity index is 2.24. The molecule has 9 heteroatoms. The lowest BCUT2D eigenvalue weighted by Crippen LogP contribution is -2.34. The minimum Gasteiger partial charge on any atom is -0.394 e. The van der Waals surface area contributed by atoms with Gasteiger partial charge < -0.3 is 21.3 Å². The van der Waals surface area contributed by atoms with Gasteiger partial charge in [0.1, 0.15) is 0 Å². The second-order valence-corrected chi connectivity index (χ2v) is 5.84. The third-order valence-electron chi connectivity index (χ3n) is 2.93. The Morgan fingerprint density at radius 1 is 1.43 bits per heavy atom. The first-order valence-electron chi connectivity index (χ1n) is 6.73. The van der Waals surface area contributed by atoms with Gasteiger partial charge in [0.05, 0.1) is 34.4 Å². The van der Waals surface area contributed by atoms with Crippen molar-refractivity contribution < 1.29 is 19.8 Å². The summed E-state index contributed by atoms with van der Waals surface area (Å²) in [6.45, 7) is 0.869. The Kier molecular flexibility index (Phi) is 5.37. The molecule has 0 fully saturated rings. The van der Waals surface area contributed by atoms with Crippen molar-refractivity contribution in [1.29, 1.82) is 0 Å². The fourth-order valence-electron chi connectivity index (χ4n) is 1.71. The lowest BCUT2D eigenvalue weighted by molar-refractivity contribution is 0.0799. The van der Waals surface area contributed by atoms with Gasteiger partial charge in [-0.05, 0) is 19.1 Å². The molecule has 0 unspecified atom stereocenters. The van der Waals surface area contributed by atoms with Gasteiger partial charge in [-0.25, -0.2) is 9.97 Å². The molecule has 0 saturated heterocycles. The number of hydrogen-bond donors (Lipinski definition) is 4. The van der Waals surface area contributed by atoms with E-state index in [1.165, 1.54) is 24.5 Å². The maximum absolute atomic E-state index is 12.0. The fraction of sp³-hybridized carbons (Fsp3) is 0.286. The van der Waals surface area contributed by atoms with Gasteiger partial charge in [-0.1, -0.05) is 0 Å². The number of amides is 1. The summed E-state index contributed by atoms with van der Waals surface area (Å²) in [5, 5.41) is 20.4. The van der Waals surface area contributed by atoms with Crippen LogP contribution in [0.5, 0.6) is 0 Å². The van der Waals surface area contributed by atoms with Crippen LogP contribution >= 0.6 is 11.3 Å². The molecule has 2 aromatic rings. The first kappa shape index (κ1) is 17.0. The van der Waals surface area contributed by atoms with E-state index in [0.717, 1.165) is 0 Å². The van der Waals surface area contributed by atoms with Crippen molar-refractivity contribution in [2.75, 3.05) is 18.9 Å². The number of rotatable bonds is 6. The van der Waals surface area contributed by atoms with Crippen LogP contribution in [0.3, 0.4) is 0 Å². The van der Waals surface area contributed by atoms with Gasteiger partial charge in [0.15, 0.2) is 17.3 Å². The van der Waals surface area contributed by atoms with E-state index in [1.54, 1.807) is 12.1 Å². The summed E-state index contributed by atoms with van der Waals surface area (Å²) in [6.07, 6.45) is 0.358. The number of nitrogens with one attached hydrogen (secondary N) is 1. The van der Waals surface area contributed by atoms with E-state index < -0.39 is 18.6 Å². The topological polar surface area (TPSA) is 138 Å². The highest BCUT2D eigenvalue weighted by atomic mass is 32.1. The van der Waals surface area contributed by atoms with E-state index in [2.05, 4.69) is 15.3 Å². The second kappa shape index (κ2) is 7.27. The second-order valence-electron chi connectivity index (χ2n) is 4.76. The van der Waals surface area contributed by atoms with Crippen LogP contribution in [-0.2, 0) is 0 Å². The molecule has 1 atom stereocenters. The molecule has 0 radical (unpaired) electrons. The third-order valence-corrected chi connectivity index (χ3v) is 4.14. The summed E-state index contributed by atoms with van der Waals surface area (Å²) < 4.78 is 0. The van der Waals surface area contributed by atoms with Crippen LogP contribution in [0.25, 0.3) is 10.6 Å². The average molecular weight is 336 g/mol. The van der Waals surface area contributed by atoms with Gasteiger partial charge >= 0.3 is 0 Å². The van der Waals surface area contributed by atoms with Crippen LogP contribution in [0.2, 0.25) is 0 Å². The van der Waals surface area contributed by atoms with E-state index in [0.29, 0.717) is 15.4 Å². The molecule has 8 nitrogen and oxygen atoms in total. The number of nitrogen functional groups attached to an aromatic ring is 1. The molecule has 0 spiro atoms. The van der Waals surface area contributed by atoms with Crippen LogP contribution in [0.15, 0.2) is 18.3 Å². The number of ketones is 1. The summed E-state index contributed by atoms with van der Waals surface area (Å²) in [4.78, 5) is 32.8. The maximum Gasteiger partial charge on any atom is 0.273 e. The predicted molar refractivity (Wildman–Crippen MR) is 85.2 cm³/mol. The zero-order valence-electron chi connectivity index (χ0n) is 12.3. The summed E-state index contributed by atoms with van der Waals surface area (Å²) in [5.74, 6) is -0.707. The van der Waals surface area contributed by atoms with Crippen molar-refractivity contribution in [2.24, 2.45) is 0 Å². The van der Waals surface area contributed by atoms with Crippen molar-refractivity contribution >= 4 is 28.8 Å². The first-order valence-corrected chi connectivity index (χ1v) is 7.54. The number of aliphatic hydroxyl groups excluding tert-OH is 2. The Morgan fingerprint density at radius 3 is 2.78 bits per heavy atom. The zero-order chi connectivity index (χ0) is 17.0. The average Bonchev–Trinajstić information content (AvgIpc) is 3.03. The van der Waals surface area contributed by atoms with Gasteiger partial charge in [0.25, 0.3) is 5.91 Å². The minimum absolute atomic E-state index is 0.0481. The number of carbonyl (C=O) groups excluding carboxylic acids is 2. The summed E-state index contributed by atoms with van der Waals surface area (Å²) in [7, 11) is 0. The van der Waals surface area contributed by atoms with Crippen LogP contribution in [0.1, 0.15) is 27.1 Å². The van der Waals surface area contributed by atoms with E-state index in [4.69, 9.17) is 10.8 Å². The van der Waals surface area contributed by atoms with Crippen molar-refractivity contribution in [3.8, 4) is 10.6 Å². The summed E-state index contributed by atoms with van der Waals surface area (Å²) in [6, 6.07) is 3.40. The van der Waals surface area contributed by atoms with Gasteiger partial charge in [-0.2, -0.15) is 0 Å². The summed E-state index contributed by atoms with van der Waals surface area (Å²) >= 11 is 1.24. The zero-order valence-corrected chi connectivity index (χ0v) is 13.1. The molecule has 0 saturated carbocycles. The SMILES string of the molecule is CC(=O)c1ccc(-c2cnc(N)c(C(=O)NC[C@H](O)CO)n2)s1. The standard InChI is InChI=1S/C14H16N4O4S/c1-7(20)10-2-3-11(23-10)9-5-16-13(15)12(18-9)14(22)17-4-8(21)6-19/h2-3,5,8,19,21H,4,6H2,1H3,(H2,15,16)(H,17,22)/t8-/m0/s1. The van der Waals surface area contributed by atoms with E-state index in [9.17, 15) is 14.7 Å². The number of aliphatic hydroxyl groups is 2. The maximum atomic E-state index is 12.0. The molecule has 2 heterocycles. The van der Waals surface area contributed by atoms with Crippen LogP contribution in [-0.4, -0.2) is 51.1 Å². The largest absolute Gasteiger partial charge is 0.394 e. The number of hydrogen-bond acceptors (Lipinski definition) is 8. The quantitative estimate of drug-likeness (QED) is 0.548. The molecule has 2 aromatic heterocycles. The molecule has 23 heavy (non-hydrogen) atoms. The lowest BCUT2D eigenvalue weighted by atomic mass is 10.3. The van der Waals surface area contributed by atoms with E-state index in [-0.39, 0.29) is 23.8 Å². The highest BCUT2D eigenvalue weighted by Gasteiger charge is 2.16. The Labute approximate surface area is 136 Å². The monoisotopic (exact) mass is 336 g/mol. The minimum atomic E-state index is -1.06. The molecule has 0 aromatic carbocycles. The third kappa shape index (κ3) is 4.09. The lowest BCUT2D eigenvalue weighted by Gasteiger charge is -2.10. The molecule has 1 amide bonds. The predicted octanol–water partition coefficient (Wildman–Crippen LogP) is 0.0729. The number of thiophene rings is 1. The number of nitrogens with two attached hydrogens (primary N) is 1. The number of aromatic nitrogens is 2. The molecular weight excluding hydrogens is 320 g/mol. The smallest absolute Gasteiger partial charge is 0.273 e. The molecule has 0 bridgehead atoms. The molecule has 0 aliphatic carbocycles. The number of carbonyl (C=O) groups is 2. The van der Waals surface area contributed by atoms with Gasteiger partial charge in [-0.3, -0.25) is 9.59 Å². The molecule has 0 aliphatic rings. The normalized spacial score (nSPS) is 12.0. The van der Waals surface area contributed by atoms with E-state index >= 15 is 0 Å². The van der Waals surface area contributed by atoms with Crippen LogP contribution in [0.4, 0.5) is 5.82 Å². The Hall–Kier alpha value is -2.36. The van der Waals surface area contributed by atoms with Gasteiger partial charge in [-0.15, -0.1) is 11.3 Å². The van der Waals surface area contributed by atoms with Crippen molar-refractivity contribution in [3.05, 3.63) is 28.9 Å². The van der Waals surface area contributed by atoms with Crippen LogP contribution < -0.4 is 11.1 Å². The number of nitrogens with zero attached hydrogens (tertiary/aromatic N) is 2. The Morgan fingerprint density at radius 2 is 2.17 bits per heavy atom. The first-order chi connectivity index (χ1) is 10.9. The molecule has 0 aliphatic heterocycles. The van der Waals surface area contributed by atoms with Gasteiger partial charge in [0, 0.05) is 6.54 Å². The summed E-state index contributed by atoms with van der Waals surface area (Å²) in [5.41, 5.74) is 6.01. The van der Waals surface area contributed by atoms with E-state index in [1.807, 2.05) is 0 Å². The van der Waals surface area contributed by atoms with Crippen molar-refractivity contribution in [2.45, 2.75) is 13.0 Å². The Bertz CT molecular complexity index is 731. The van der Waals surface area contributed by atoms with Gasteiger partial charge in [0.2, 0.25) is 0 Å². The molecular formula is C14H16N4O4S. The highest BCUT2D eigenvalue weighted by molar-refractivity contribution is 7.17. The molecule has 2 rings (SSSR count). The fourth-order valence-corrected chi connectivity index (χ4v) is 2.56. The highest BCUT2D eigenvalue weighted by Crippen LogP contribution is 2.27. The van der Waals surface area contributed by atoms with Crippen LogP contribution in [0, 0.1) is 0 Å².